The Bertz CT molecular complexity index is 834. The molecule has 3 aromatic rings. The molecule has 0 saturated heterocycles. The van der Waals surface area contributed by atoms with Gasteiger partial charge in [-0.15, -0.1) is 0 Å². The first-order valence-corrected chi connectivity index (χ1v) is 7.96. The molecule has 5 nitrogen and oxygen atoms in total. The van der Waals surface area contributed by atoms with Crippen molar-refractivity contribution in [3.8, 4) is 17.2 Å². The van der Waals surface area contributed by atoms with E-state index in [-0.39, 0.29) is 6.10 Å². The van der Waals surface area contributed by atoms with Crippen LogP contribution >= 0.6 is 23.2 Å². The quantitative estimate of drug-likeness (QED) is 0.588. The Morgan fingerprint density at radius 3 is 2.38 bits per heavy atom. The van der Waals surface area contributed by atoms with Crippen molar-refractivity contribution >= 4 is 23.2 Å². The Morgan fingerprint density at radius 2 is 1.75 bits per heavy atom. The maximum absolute atomic E-state index is 6.09. The fourth-order valence-corrected chi connectivity index (χ4v) is 2.45. The van der Waals surface area contributed by atoms with Crippen LogP contribution in [-0.2, 0) is 0 Å². The highest BCUT2D eigenvalue weighted by Gasteiger charge is 2.14. The molecule has 0 aliphatic rings. The van der Waals surface area contributed by atoms with E-state index in [9.17, 15) is 0 Å². The summed E-state index contributed by atoms with van der Waals surface area (Å²) in [5.41, 5.74) is 0. The average molecular weight is 365 g/mol. The van der Waals surface area contributed by atoms with E-state index in [1.165, 1.54) is 0 Å². The smallest absolute Gasteiger partial charge is 0.267 e. The minimum Gasteiger partial charge on any atom is -0.481 e. The van der Waals surface area contributed by atoms with Crippen LogP contribution in [0, 0.1) is 6.92 Å². The Hall–Kier alpha value is -2.24. The molecule has 0 saturated carbocycles. The Labute approximate surface area is 149 Å². The standard InChI is InChI=1S/C17H14Cl2N2O3/c1-10(17-20-11(2)21-24-17)22-13-4-6-14(7-5-13)23-16-8-3-12(18)9-15(16)19/h3-10H,1-2H3. The van der Waals surface area contributed by atoms with Gasteiger partial charge in [-0.1, -0.05) is 28.4 Å². The molecule has 24 heavy (non-hydrogen) atoms. The average Bonchev–Trinajstić information content (AvgIpc) is 2.98. The molecule has 0 fully saturated rings. The molecule has 0 radical (unpaired) electrons. The summed E-state index contributed by atoms with van der Waals surface area (Å²) in [5, 5.41) is 4.75. The third-order valence-electron chi connectivity index (χ3n) is 3.15. The van der Waals surface area contributed by atoms with Crippen molar-refractivity contribution in [2.45, 2.75) is 20.0 Å². The number of halogens is 2. The highest BCUT2D eigenvalue weighted by atomic mass is 35.5. The lowest BCUT2D eigenvalue weighted by atomic mass is 10.3. The molecule has 0 aliphatic heterocycles. The van der Waals surface area contributed by atoms with Crippen molar-refractivity contribution in [1.29, 1.82) is 0 Å². The number of aromatic nitrogens is 2. The molecule has 7 heteroatoms. The van der Waals surface area contributed by atoms with Crippen LogP contribution in [0.4, 0.5) is 0 Å². The minimum absolute atomic E-state index is 0.344. The van der Waals surface area contributed by atoms with Crippen molar-refractivity contribution in [1.82, 2.24) is 10.1 Å². The van der Waals surface area contributed by atoms with Crippen LogP contribution in [0.5, 0.6) is 17.2 Å². The van der Waals surface area contributed by atoms with Gasteiger partial charge in [0.2, 0.25) is 0 Å². The second kappa shape index (κ2) is 7.11. The molecule has 1 unspecified atom stereocenters. The van der Waals surface area contributed by atoms with Crippen LogP contribution in [-0.4, -0.2) is 10.1 Å². The minimum atomic E-state index is -0.344. The van der Waals surface area contributed by atoms with E-state index in [0.29, 0.717) is 39.0 Å². The third-order valence-corrected chi connectivity index (χ3v) is 3.68. The predicted octanol–water partition coefficient (Wildman–Crippen LogP) is 5.62. The summed E-state index contributed by atoms with van der Waals surface area (Å²) in [6.07, 6.45) is -0.344. The van der Waals surface area contributed by atoms with E-state index in [1.54, 1.807) is 49.4 Å². The molecule has 1 atom stereocenters. The molecular formula is C17H14Cl2N2O3. The first kappa shape index (κ1) is 16.6. The molecular weight excluding hydrogens is 351 g/mol. The lowest BCUT2D eigenvalue weighted by Crippen LogP contribution is -2.03. The molecule has 2 aromatic carbocycles. The number of benzene rings is 2. The Balaban J connectivity index is 1.67. The molecule has 0 aliphatic carbocycles. The first-order chi connectivity index (χ1) is 11.5. The summed E-state index contributed by atoms with van der Waals surface area (Å²) in [4.78, 5) is 4.14. The maximum Gasteiger partial charge on any atom is 0.267 e. The van der Waals surface area contributed by atoms with E-state index in [4.69, 9.17) is 37.2 Å². The predicted molar refractivity (Wildman–Crippen MR) is 91.1 cm³/mol. The van der Waals surface area contributed by atoms with Gasteiger partial charge in [-0.25, -0.2) is 0 Å². The Morgan fingerprint density at radius 1 is 1.04 bits per heavy atom. The van der Waals surface area contributed by atoms with Crippen LogP contribution in [0.25, 0.3) is 0 Å². The molecule has 124 valence electrons. The van der Waals surface area contributed by atoms with Crippen LogP contribution in [0.15, 0.2) is 47.0 Å². The van der Waals surface area contributed by atoms with Gasteiger partial charge < -0.3 is 14.0 Å². The number of aryl methyl sites for hydroxylation is 1. The summed E-state index contributed by atoms with van der Waals surface area (Å²) < 4.78 is 16.6. The second-order valence-electron chi connectivity index (χ2n) is 5.09. The van der Waals surface area contributed by atoms with Crippen LogP contribution in [0.1, 0.15) is 24.7 Å². The molecule has 0 bridgehead atoms. The van der Waals surface area contributed by atoms with E-state index in [0.717, 1.165) is 0 Å². The monoisotopic (exact) mass is 364 g/mol. The summed E-state index contributed by atoms with van der Waals surface area (Å²) in [7, 11) is 0. The van der Waals surface area contributed by atoms with E-state index in [1.807, 2.05) is 6.92 Å². The van der Waals surface area contributed by atoms with Gasteiger partial charge in [0.15, 0.2) is 11.9 Å². The zero-order valence-corrected chi connectivity index (χ0v) is 14.5. The maximum atomic E-state index is 6.09. The summed E-state index contributed by atoms with van der Waals surface area (Å²) in [6, 6.07) is 12.2. The van der Waals surface area contributed by atoms with Gasteiger partial charge in [-0.2, -0.15) is 4.98 Å². The van der Waals surface area contributed by atoms with Gasteiger partial charge in [0.05, 0.1) is 5.02 Å². The van der Waals surface area contributed by atoms with Gasteiger partial charge in [0.1, 0.15) is 17.2 Å². The molecule has 0 amide bonds. The zero-order chi connectivity index (χ0) is 17.1. The van der Waals surface area contributed by atoms with Crippen molar-refractivity contribution in [2.24, 2.45) is 0 Å². The molecule has 1 heterocycles. The largest absolute Gasteiger partial charge is 0.481 e. The fraction of sp³-hybridized carbons (Fsp3) is 0.176. The van der Waals surface area contributed by atoms with Gasteiger partial charge >= 0.3 is 0 Å². The SMILES string of the molecule is Cc1noc(C(C)Oc2ccc(Oc3ccc(Cl)cc3Cl)cc2)n1. The summed E-state index contributed by atoms with van der Waals surface area (Å²) >= 11 is 12.0. The fourth-order valence-electron chi connectivity index (χ4n) is 2.00. The summed E-state index contributed by atoms with van der Waals surface area (Å²) in [5.74, 6) is 2.83. The lowest BCUT2D eigenvalue weighted by molar-refractivity contribution is 0.175. The van der Waals surface area contributed by atoms with Gasteiger partial charge in [-0.05, 0) is 56.3 Å². The zero-order valence-electron chi connectivity index (χ0n) is 13.0. The number of ether oxygens (including phenoxy) is 2. The van der Waals surface area contributed by atoms with Crippen molar-refractivity contribution in [2.75, 3.05) is 0 Å². The van der Waals surface area contributed by atoms with Crippen LogP contribution in [0.3, 0.4) is 0 Å². The summed E-state index contributed by atoms with van der Waals surface area (Å²) in [6.45, 7) is 3.60. The van der Waals surface area contributed by atoms with Gasteiger partial charge in [-0.3, -0.25) is 0 Å². The van der Waals surface area contributed by atoms with Crippen LogP contribution in [0.2, 0.25) is 10.0 Å². The number of hydrogen-bond donors (Lipinski definition) is 0. The number of rotatable bonds is 5. The number of hydrogen-bond acceptors (Lipinski definition) is 5. The van der Waals surface area contributed by atoms with Gasteiger partial charge in [0, 0.05) is 5.02 Å². The van der Waals surface area contributed by atoms with Crippen molar-refractivity contribution in [3.05, 3.63) is 64.2 Å². The topological polar surface area (TPSA) is 57.4 Å². The van der Waals surface area contributed by atoms with E-state index >= 15 is 0 Å². The third kappa shape index (κ3) is 3.99. The molecule has 0 N–H and O–H groups in total. The molecule has 1 aromatic heterocycles. The van der Waals surface area contributed by atoms with E-state index in [2.05, 4.69) is 10.1 Å². The second-order valence-corrected chi connectivity index (χ2v) is 5.93. The Kier molecular flexibility index (Phi) is 4.92. The van der Waals surface area contributed by atoms with E-state index < -0.39 is 0 Å². The van der Waals surface area contributed by atoms with Crippen molar-refractivity contribution in [3.63, 3.8) is 0 Å². The first-order valence-electron chi connectivity index (χ1n) is 7.21. The highest BCUT2D eigenvalue weighted by molar-refractivity contribution is 6.35. The lowest BCUT2D eigenvalue weighted by Gasteiger charge is -2.12. The molecule has 3 rings (SSSR count). The number of nitrogens with zero attached hydrogens (tertiary/aromatic N) is 2. The molecule has 0 spiro atoms. The highest BCUT2D eigenvalue weighted by Crippen LogP contribution is 2.32. The van der Waals surface area contributed by atoms with Gasteiger partial charge in [0.25, 0.3) is 5.89 Å². The van der Waals surface area contributed by atoms with Crippen molar-refractivity contribution < 1.29 is 14.0 Å². The van der Waals surface area contributed by atoms with Crippen LogP contribution < -0.4 is 9.47 Å². The normalized spacial score (nSPS) is 12.0.